The molecule has 0 radical (unpaired) electrons. The summed E-state index contributed by atoms with van der Waals surface area (Å²) in [6.07, 6.45) is -2.68. The Morgan fingerprint density at radius 3 is 2.47 bits per heavy atom. The molecule has 1 atom stereocenters. The first kappa shape index (κ1) is 25.8. The number of carbonyl (C=O) groups excluding carboxylic acids is 1. The lowest BCUT2D eigenvalue weighted by molar-refractivity contribution is -0.184. The van der Waals surface area contributed by atoms with Crippen LogP contribution in [0.1, 0.15) is 41.8 Å². The quantitative estimate of drug-likeness (QED) is 0.337. The van der Waals surface area contributed by atoms with Gasteiger partial charge in [0.05, 0.1) is 5.69 Å². The molecule has 0 N–H and O–H groups in total. The van der Waals surface area contributed by atoms with Crippen molar-refractivity contribution < 1.29 is 22.5 Å². The molecule has 2 aromatic carbocycles. The van der Waals surface area contributed by atoms with Gasteiger partial charge in [-0.1, -0.05) is 17.3 Å². The van der Waals surface area contributed by atoms with Crippen molar-refractivity contribution >= 4 is 17.3 Å². The summed E-state index contributed by atoms with van der Waals surface area (Å²) in [5.74, 6) is -1.21. The highest BCUT2D eigenvalue weighted by molar-refractivity contribution is 5.82. The molecule has 0 bridgehead atoms. The summed E-state index contributed by atoms with van der Waals surface area (Å²) in [7, 11) is 0. The highest BCUT2D eigenvalue weighted by Gasteiger charge is 2.52. The first-order chi connectivity index (χ1) is 18.0. The van der Waals surface area contributed by atoms with Crippen molar-refractivity contribution in [3.8, 4) is 11.1 Å². The zero-order valence-electron chi connectivity index (χ0n) is 21.6. The molecule has 1 aliphatic heterocycles. The van der Waals surface area contributed by atoms with Crippen LogP contribution in [0.2, 0.25) is 0 Å². The van der Waals surface area contributed by atoms with E-state index in [0.717, 1.165) is 57.1 Å². The second-order valence-corrected chi connectivity index (χ2v) is 10.4. The fraction of sp³-hybridized carbons (Fsp3) is 0.414. The third-order valence-electron chi connectivity index (χ3n) is 7.73. The molecule has 1 unspecified atom stereocenters. The van der Waals surface area contributed by atoms with Crippen molar-refractivity contribution in [2.45, 2.75) is 51.7 Å². The van der Waals surface area contributed by atoms with Gasteiger partial charge < -0.3 is 19.2 Å². The van der Waals surface area contributed by atoms with Crippen LogP contribution in [-0.4, -0.2) is 41.8 Å². The lowest BCUT2D eigenvalue weighted by Gasteiger charge is -2.30. The van der Waals surface area contributed by atoms with Crippen molar-refractivity contribution in [3.63, 3.8) is 0 Å². The number of likely N-dealkylation sites (tertiary alicyclic amines) is 1. The second kappa shape index (κ2) is 9.50. The van der Waals surface area contributed by atoms with E-state index >= 15 is 0 Å². The largest absolute Gasteiger partial charge is 0.471 e. The van der Waals surface area contributed by atoms with E-state index in [1.807, 2.05) is 57.2 Å². The molecule has 198 valence electrons. The van der Waals surface area contributed by atoms with Gasteiger partial charge in [0.15, 0.2) is 0 Å². The van der Waals surface area contributed by atoms with Crippen molar-refractivity contribution in [3.05, 3.63) is 76.5 Å². The summed E-state index contributed by atoms with van der Waals surface area (Å²) in [5, 5.41) is 4.08. The summed E-state index contributed by atoms with van der Waals surface area (Å²) in [6, 6.07) is 14.0. The number of rotatable bonds is 6. The molecule has 1 amide bonds. The van der Waals surface area contributed by atoms with Gasteiger partial charge in [-0.25, -0.2) is 6.57 Å². The number of carbonyl (C=O) groups is 1. The average molecular weight is 523 g/mol. The smallest absolute Gasteiger partial charge is 0.361 e. The number of hydrogen-bond acceptors (Lipinski definition) is 4. The normalized spacial score (nSPS) is 18.3. The second-order valence-electron chi connectivity index (χ2n) is 10.4. The van der Waals surface area contributed by atoms with Crippen LogP contribution < -0.4 is 4.90 Å². The zero-order valence-corrected chi connectivity index (χ0v) is 21.6. The van der Waals surface area contributed by atoms with Crippen LogP contribution in [0.25, 0.3) is 16.0 Å². The Morgan fingerprint density at radius 2 is 1.89 bits per heavy atom. The molecule has 3 aromatic rings. The van der Waals surface area contributed by atoms with Crippen molar-refractivity contribution in [1.82, 2.24) is 10.1 Å². The number of halogens is 3. The number of benzene rings is 2. The minimum absolute atomic E-state index is 0.0520. The first-order valence-corrected chi connectivity index (χ1v) is 12.7. The lowest BCUT2D eigenvalue weighted by atomic mass is 9.99. The number of hydrogen-bond donors (Lipinski definition) is 0. The molecule has 2 fully saturated rings. The molecule has 2 aliphatic rings. The predicted molar refractivity (Wildman–Crippen MR) is 138 cm³/mol. The number of nitrogens with zero attached hydrogens (tertiary/aromatic N) is 4. The Balaban J connectivity index is 1.50. The number of amides is 1. The van der Waals surface area contributed by atoms with Gasteiger partial charge in [-0.2, -0.15) is 13.2 Å². The molecule has 6 nitrogen and oxygen atoms in total. The third-order valence-corrected chi connectivity index (χ3v) is 7.73. The molecule has 38 heavy (non-hydrogen) atoms. The zero-order chi connectivity index (χ0) is 27.2. The van der Waals surface area contributed by atoms with Crippen LogP contribution in [0.3, 0.4) is 0 Å². The highest BCUT2D eigenvalue weighted by Crippen LogP contribution is 2.50. The van der Waals surface area contributed by atoms with E-state index in [0.29, 0.717) is 18.7 Å². The molecular weight excluding hydrogens is 493 g/mol. The SMILES string of the molecule is [C-]#[N+]C1(c2ccc(N(CC3CCN(C(=O)C(F)(F)F)C3)c3cc(-c4c(C)noc4C)ccc3C)cc2)CC1. The van der Waals surface area contributed by atoms with E-state index in [2.05, 4.69) is 21.0 Å². The van der Waals surface area contributed by atoms with E-state index in [-0.39, 0.29) is 19.0 Å². The van der Waals surface area contributed by atoms with Crippen LogP contribution in [-0.2, 0) is 10.3 Å². The van der Waals surface area contributed by atoms with Gasteiger partial charge in [0.2, 0.25) is 0 Å². The van der Waals surface area contributed by atoms with Gasteiger partial charge in [-0.3, -0.25) is 4.79 Å². The standard InChI is InChI=1S/C29H29F3N4O2/c1-18-5-6-22(26-19(2)34-38-20(26)3)15-25(18)36(17-21-11-14-35(16-21)27(37)29(30,31)32)24-9-7-23(8-10-24)28(33-4)12-13-28/h5-10,15,21H,11-14,16-17H2,1-3H3. The molecule has 2 heterocycles. The van der Waals surface area contributed by atoms with E-state index < -0.39 is 17.6 Å². The van der Waals surface area contributed by atoms with Crippen LogP contribution in [0.5, 0.6) is 0 Å². The minimum Gasteiger partial charge on any atom is -0.361 e. The number of alkyl halides is 3. The van der Waals surface area contributed by atoms with Crippen molar-refractivity contribution in [2.75, 3.05) is 24.5 Å². The predicted octanol–water partition coefficient (Wildman–Crippen LogP) is 6.72. The molecule has 0 spiro atoms. The molecule has 1 saturated carbocycles. The molecule has 5 rings (SSSR count). The molecule has 1 aliphatic carbocycles. The van der Waals surface area contributed by atoms with Gasteiger partial charge in [0.1, 0.15) is 5.76 Å². The van der Waals surface area contributed by atoms with Gasteiger partial charge in [-0.05, 0) is 74.6 Å². The lowest BCUT2D eigenvalue weighted by Crippen LogP contribution is -2.40. The highest BCUT2D eigenvalue weighted by atomic mass is 19.4. The molecule has 1 saturated heterocycles. The summed E-state index contributed by atoms with van der Waals surface area (Å²) in [5.41, 5.74) is 6.00. The van der Waals surface area contributed by atoms with Crippen LogP contribution in [0.15, 0.2) is 47.0 Å². The number of anilines is 2. The van der Waals surface area contributed by atoms with Crippen LogP contribution in [0, 0.1) is 33.3 Å². The Morgan fingerprint density at radius 1 is 1.18 bits per heavy atom. The number of aryl methyl sites for hydroxylation is 3. The fourth-order valence-electron chi connectivity index (χ4n) is 5.43. The number of aromatic nitrogens is 1. The summed E-state index contributed by atoms with van der Waals surface area (Å²) in [6.45, 7) is 13.9. The Hall–Kier alpha value is -3.80. The van der Waals surface area contributed by atoms with E-state index in [4.69, 9.17) is 11.1 Å². The van der Waals surface area contributed by atoms with E-state index in [1.54, 1.807) is 0 Å². The Labute approximate surface area is 219 Å². The average Bonchev–Trinajstić information content (AvgIpc) is 3.44. The van der Waals surface area contributed by atoms with Crippen LogP contribution >= 0.6 is 0 Å². The Bertz CT molecular complexity index is 1380. The minimum atomic E-state index is -4.87. The first-order valence-electron chi connectivity index (χ1n) is 12.7. The summed E-state index contributed by atoms with van der Waals surface area (Å²) >= 11 is 0. The van der Waals surface area contributed by atoms with Gasteiger partial charge in [0.25, 0.3) is 5.54 Å². The maximum absolute atomic E-state index is 13.1. The van der Waals surface area contributed by atoms with Gasteiger partial charge >= 0.3 is 12.1 Å². The van der Waals surface area contributed by atoms with E-state index in [9.17, 15) is 18.0 Å². The molecule has 1 aromatic heterocycles. The Kier molecular flexibility index (Phi) is 6.46. The maximum atomic E-state index is 13.1. The van der Waals surface area contributed by atoms with Gasteiger partial charge in [0, 0.05) is 55.0 Å². The monoisotopic (exact) mass is 522 g/mol. The maximum Gasteiger partial charge on any atom is 0.471 e. The molecular formula is C29H29F3N4O2. The summed E-state index contributed by atoms with van der Waals surface area (Å²) < 4.78 is 44.5. The van der Waals surface area contributed by atoms with E-state index in [1.165, 1.54) is 0 Å². The van der Waals surface area contributed by atoms with Gasteiger partial charge in [-0.15, -0.1) is 0 Å². The molecule has 9 heteroatoms. The topological polar surface area (TPSA) is 53.9 Å². The van der Waals surface area contributed by atoms with Crippen molar-refractivity contribution in [1.29, 1.82) is 0 Å². The third kappa shape index (κ3) is 4.75. The fourth-order valence-corrected chi connectivity index (χ4v) is 5.43. The van der Waals surface area contributed by atoms with Crippen molar-refractivity contribution in [2.24, 2.45) is 5.92 Å². The summed E-state index contributed by atoms with van der Waals surface area (Å²) in [4.78, 5) is 18.7. The van der Waals surface area contributed by atoms with Crippen LogP contribution in [0.4, 0.5) is 24.5 Å².